The molecule has 0 saturated carbocycles. The molecule has 37 heavy (non-hydrogen) atoms. The Bertz CT molecular complexity index is 767. The average Bonchev–Trinajstić information content (AvgIpc) is 3.15. The van der Waals surface area contributed by atoms with Gasteiger partial charge in [0.15, 0.2) is 5.11 Å². The van der Waals surface area contributed by atoms with Crippen LogP contribution in [0.1, 0.15) is 111 Å². The van der Waals surface area contributed by atoms with Crippen LogP contribution in [0.25, 0.3) is 0 Å². The molecule has 0 radical (unpaired) electrons. The molecule has 0 aliphatic carbocycles. The summed E-state index contributed by atoms with van der Waals surface area (Å²) in [7, 11) is 0. The molecule has 0 spiro atoms. The molecule has 0 bridgehead atoms. The number of rotatable bonds is 20. The van der Waals surface area contributed by atoms with E-state index in [1.165, 1.54) is 56.9 Å². The number of nitrogens with zero attached hydrogens (tertiary/aromatic N) is 1. The second kappa shape index (κ2) is 17.5. The van der Waals surface area contributed by atoms with Crippen LogP contribution in [0.2, 0.25) is 0 Å². The molecule has 3 unspecified atom stereocenters. The highest BCUT2D eigenvalue weighted by atomic mass is 32.1. The lowest BCUT2D eigenvalue weighted by molar-refractivity contribution is 0.254. The van der Waals surface area contributed by atoms with Crippen molar-refractivity contribution in [1.29, 1.82) is 0 Å². The fourth-order valence-corrected chi connectivity index (χ4v) is 6.25. The summed E-state index contributed by atoms with van der Waals surface area (Å²) in [5.74, 6) is 1.33. The van der Waals surface area contributed by atoms with Crippen LogP contribution in [-0.4, -0.2) is 39.9 Å². The first kappa shape index (κ1) is 32.1. The van der Waals surface area contributed by atoms with Gasteiger partial charge in [-0.05, 0) is 48.9 Å². The van der Waals surface area contributed by atoms with E-state index in [1.807, 2.05) is 0 Å². The van der Waals surface area contributed by atoms with Gasteiger partial charge >= 0.3 is 0 Å². The summed E-state index contributed by atoms with van der Waals surface area (Å²) in [5.41, 5.74) is 0.983. The predicted octanol–water partition coefficient (Wildman–Crippen LogP) is 7.57. The molecular formula is C31H54N4S2. The molecule has 1 aromatic carbocycles. The Labute approximate surface area is 239 Å². The fourth-order valence-electron chi connectivity index (χ4n) is 5.37. The summed E-state index contributed by atoms with van der Waals surface area (Å²) in [4.78, 5) is 3.13. The Morgan fingerprint density at radius 1 is 0.811 bits per heavy atom. The maximum atomic E-state index is 6.29. The quantitative estimate of drug-likeness (QED) is 0.116. The average molecular weight is 547 g/mol. The Balaban J connectivity index is 2.27. The number of benzene rings is 1. The zero-order valence-corrected chi connectivity index (χ0v) is 25.9. The lowest BCUT2D eigenvalue weighted by Crippen LogP contribution is -2.59. The summed E-state index contributed by atoms with van der Waals surface area (Å²) < 4.78 is 0. The fraction of sp³-hybridized carbons (Fsp3) is 0.742. The third-order valence-corrected chi connectivity index (χ3v) is 8.93. The summed E-state index contributed by atoms with van der Waals surface area (Å²) in [6, 6.07) is 10.7. The number of nitrogens with one attached hydrogen (secondary N) is 3. The first-order valence-corrected chi connectivity index (χ1v) is 15.9. The number of hydrogen-bond donors (Lipinski definition) is 3. The Morgan fingerprint density at radius 3 is 1.84 bits per heavy atom. The minimum atomic E-state index is -0.315. The minimum absolute atomic E-state index is 0.0851. The van der Waals surface area contributed by atoms with Crippen LogP contribution >= 0.6 is 24.4 Å². The zero-order chi connectivity index (χ0) is 27.1. The van der Waals surface area contributed by atoms with Crippen molar-refractivity contribution in [2.75, 3.05) is 13.1 Å². The molecule has 2 rings (SSSR count). The molecule has 1 fully saturated rings. The summed E-state index contributed by atoms with van der Waals surface area (Å²) in [6.45, 7) is 13.4. The number of hydrogen-bond acceptors (Lipinski definition) is 4. The lowest BCUT2D eigenvalue weighted by atomic mass is 9.86. The van der Waals surface area contributed by atoms with Crippen molar-refractivity contribution in [3.05, 3.63) is 35.9 Å². The normalized spacial score (nSPS) is 20.2. The van der Waals surface area contributed by atoms with Crippen molar-refractivity contribution in [3.8, 4) is 0 Å². The van der Waals surface area contributed by atoms with E-state index < -0.39 is 0 Å². The van der Waals surface area contributed by atoms with Gasteiger partial charge in [0, 0.05) is 19.5 Å². The van der Waals surface area contributed by atoms with Gasteiger partial charge in [-0.1, -0.05) is 129 Å². The van der Waals surface area contributed by atoms with Gasteiger partial charge in [0.25, 0.3) is 0 Å². The van der Waals surface area contributed by atoms with Crippen molar-refractivity contribution in [2.24, 2.45) is 11.8 Å². The van der Waals surface area contributed by atoms with Gasteiger partial charge in [-0.2, -0.15) is 0 Å². The Hall–Kier alpha value is -1.08. The zero-order valence-electron chi connectivity index (χ0n) is 24.3. The molecule has 1 aromatic rings. The highest BCUT2D eigenvalue weighted by Crippen LogP contribution is 2.30. The summed E-state index contributed by atoms with van der Waals surface area (Å²) in [6.07, 6.45) is 14.0. The monoisotopic (exact) mass is 546 g/mol. The molecule has 1 saturated heterocycles. The third-order valence-electron chi connectivity index (χ3n) is 8.04. The standard InChI is InChI=1S/C31H54N4S2/c1-6-11-17-25(9-4)23-32-29(33-24-26(10-5)18-12-7-2)35-28(36)31(21-13-8-3,34-30(35)37)22-27-19-15-14-16-20-27/h14-16,19-20,25-26,29,32-33H,6-13,17-18,21-24H2,1-5H3,(H,34,37). The van der Waals surface area contributed by atoms with Gasteiger partial charge in [-0.25, -0.2) is 0 Å². The maximum Gasteiger partial charge on any atom is 0.177 e. The van der Waals surface area contributed by atoms with E-state index in [0.717, 1.165) is 48.9 Å². The molecule has 1 aliphatic heterocycles. The van der Waals surface area contributed by atoms with Crippen LogP contribution in [0.3, 0.4) is 0 Å². The smallest absolute Gasteiger partial charge is 0.177 e. The van der Waals surface area contributed by atoms with Crippen molar-refractivity contribution < 1.29 is 0 Å². The van der Waals surface area contributed by atoms with Gasteiger partial charge in [0.05, 0.1) is 5.54 Å². The molecule has 1 aliphatic rings. The molecule has 3 atom stereocenters. The van der Waals surface area contributed by atoms with Crippen LogP contribution in [0, 0.1) is 11.8 Å². The summed E-state index contributed by atoms with van der Waals surface area (Å²) in [5, 5.41) is 12.2. The van der Waals surface area contributed by atoms with Gasteiger partial charge in [-0.3, -0.25) is 15.5 Å². The van der Waals surface area contributed by atoms with E-state index in [2.05, 4.69) is 85.8 Å². The van der Waals surface area contributed by atoms with Crippen molar-refractivity contribution in [1.82, 2.24) is 20.9 Å². The second-order valence-corrected chi connectivity index (χ2v) is 11.8. The van der Waals surface area contributed by atoms with E-state index in [1.54, 1.807) is 0 Å². The van der Waals surface area contributed by atoms with Crippen LogP contribution in [0.15, 0.2) is 30.3 Å². The largest absolute Gasteiger partial charge is 0.350 e. The van der Waals surface area contributed by atoms with E-state index in [0.29, 0.717) is 11.8 Å². The molecule has 0 aromatic heterocycles. The highest BCUT2D eigenvalue weighted by Gasteiger charge is 2.47. The Morgan fingerprint density at radius 2 is 1.35 bits per heavy atom. The maximum absolute atomic E-state index is 6.29. The van der Waals surface area contributed by atoms with Gasteiger partial charge in [-0.15, -0.1) is 0 Å². The molecule has 0 amide bonds. The predicted molar refractivity (Wildman–Crippen MR) is 169 cm³/mol. The molecule has 210 valence electrons. The summed E-state index contributed by atoms with van der Waals surface area (Å²) >= 11 is 12.3. The van der Waals surface area contributed by atoms with E-state index in [4.69, 9.17) is 24.4 Å². The van der Waals surface area contributed by atoms with Crippen molar-refractivity contribution in [2.45, 2.75) is 123 Å². The third kappa shape index (κ3) is 9.87. The van der Waals surface area contributed by atoms with Crippen LogP contribution < -0.4 is 16.0 Å². The number of unbranched alkanes of at least 4 members (excludes halogenated alkanes) is 3. The van der Waals surface area contributed by atoms with Gasteiger partial charge in [0.2, 0.25) is 0 Å². The van der Waals surface area contributed by atoms with Crippen molar-refractivity contribution >= 4 is 34.5 Å². The number of thiocarbonyl (C=S) groups is 2. The van der Waals surface area contributed by atoms with Gasteiger partial charge in [0.1, 0.15) is 11.3 Å². The first-order chi connectivity index (χ1) is 17.9. The minimum Gasteiger partial charge on any atom is -0.350 e. The topological polar surface area (TPSA) is 39.3 Å². The van der Waals surface area contributed by atoms with E-state index in [9.17, 15) is 0 Å². The highest BCUT2D eigenvalue weighted by molar-refractivity contribution is 7.82. The molecule has 1 heterocycles. The molecular weight excluding hydrogens is 493 g/mol. The van der Waals surface area contributed by atoms with E-state index in [-0.39, 0.29) is 11.8 Å². The SMILES string of the molecule is CCCCC(CC)CNC(NCC(CC)CCCC)N1C(=S)NC(CCCC)(Cc2ccccc2)C1=S. The Kier molecular flexibility index (Phi) is 15.2. The van der Waals surface area contributed by atoms with E-state index >= 15 is 0 Å². The molecule has 4 nitrogen and oxygen atoms in total. The van der Waals surface area contributed by atoms with Crippen LogP contribution in [0.4, 0.5) is 0 Å². The van der Waals surface area contributed by atoms with Gasteiger partial charge < -0.3 is 5.32 Å². The first-order valence-electron chi connectivity index (χ1n) is 15.1. The van der Waals surface area contributed by atoms with Crippen molar-refractivity contribution in [3.63, 3.8) is 0 Å². The van der Waals surface area contributed by atoms with Crippen LogP contribution in [0.5, 0.6) is 0 Å². The molecule has 3 N–H and O–H groups in total. The lowest BCUT2D eigenvalue weighted by Gasteiger charge is -2.35. The second-order valence-electron chi connectivity index (χ2n) is 11.0. The van der Waals surface area contributed by atoms with Crippen LogP contribution in [-0.2, 0) is 6.42 Å². The molecule has 6 heteroatoms.